The Kier molecular flexibility index (Phi) is 4.76. The van der Waals surface area contributed by atoms with Crippen LogP contribution in [0.1, 0.15) is 24.4 Å². The van der Waals surface area contributed by atoms with E-state index in [4.69, 9.17) is 4.74 Å². The van der Waals surface area contributed by atoms with Gasteiger partial charge in [-0.1, -0.05) is 18.2 Å². The van der Waals surface area contributed by atoms with Crippen LogP contribution >= 0.6 is 11.8 Å². The monoisotopic (exact) mass is 360 g/mol. The van der Waals surface area contributed by atoms with E-state index in [2.05, 4.69) is 15.3 Å². The molecule has 0 spiro atoms. The summed E-state index contributed by atoms with van der Waals surface area (Å²) in [6.07, 6.45) is 1.80. The number of hydrogen-bond donors (Lipinski definition) is 3. The van der Waals surface area contributed by atoms with Crippen LogP contribution in [-0.4, -0.2) is 50.6 Å². The third-order valence-electron chi connectivity index (χ3n) is 4.37. The van der Waals surface area contributed by atoms with Gasteiger partial charge >= 0.3 is 0 Å². The summed E-state index contributed by atoms with van der Waals surface area (Å²) in [5.41, 5.74) is 0.529. The second-order valence-electron chi connectivity index (χ2n) is 6.10. The van der Waals surface area contributed by atoms with E-state index >= 15 is 0 Å². The maximum Gasteiger partial charge on any atom is 0.162 e. The van der Waals surface area contributed by atoms with Crippen LogP contribution in [0.3, 0.4) is 0 Å². The van der Waals surface area contributed by atoms with Crippen molar-refractivity contribution in [2.75, 3.05) is 12.3 Å². The summed E-state index contributed by atoms with van der Waals surface area (Å²) in [5, 5.41) is 23.4. The van der Waals surface area contributed by atoms with Gasteiger partial charge in [0.25, 0.3) is 0 Å². The Bertz CT molecular complexity index is 752. The molecule has 0 radical (unpaired) electrons. The van der Waals surface area contributed by atoms with Gasteiger partial charge in [0.05, 0.1) is 24.9 Å². The molecule has 2 aliphatic heterocycles. The van der Waals surface area contributed by atoms with Crippen molar-refractivity contribution in [2.45, 2.75) is 35.9 Å². The van der Waals surface area contributed by atoms with Crippen molar-refractivity contribution in [1.29, 1.82) is 0 Å². The minimum Gasteiger partial charge on any atom is -0.390 e. The van der Waals surface area contributed by atoms with Crippen molar-refractivity contribution in [1.82, 2.24) is 14.9 Å². The van der Waals surface area contributed by atoms with Gasteiger partial charge in [0, 0.05) is 23.6 Å². The van der Waals surface area contributed by atoms with Crippen LogP contribution in [0.4, 0.5) is 5.82 Å². The number of aliphatic hydroxyl groups is 2. The normalized spacial score (nSPS) is 28.4. The lowest BCUT2D eigenvalue weighted by Gasteiger charge is -2.16. The second kappa shape index (κ2) is 7.17. The van der Waals surface area contributed by atoms with Gasteiger partial charge in [0.15, 0.2) is 5.82 Å². The molecule has 7 nitrogen and oxygen atoms in total. The maximum atomic E-state index is 10.4. The van der Waals surface area contributed by atoms with Gasteiger partial charge in [-0.3, -0.25) is 4.57 Å². The molecule has 1 aromatic heterocycles. The van der Waals surface area contributed by atoms with Crippen LogP contribution in [0.25, 0.3) is 0 Å². The first-order chi connectivity index (χ1) is 12.2. The highest BCUT2D eigenvalue weighted by molar-refractivity contribution is 7.99. The smallest absolute Gasteiger partial charge is 0.162 e. The van der Waals surface area contributed by atoms with Gasteiger partial charge in [0.2, 0.25) is 0 Å². The molecule has 132 valence electrons. The molecule has 4 rings (SSSR count). The average Bonchev–Trinajstić information content (AvgIpc) is 3.16. The van der Waals surface area contributed by atoms with Crippen LogP contribution in [0, 0.1) is 0 Å². The molecule has 1 saturated heterocycles. The summed E-state index contributed by atoms with van der Waals surface area (Å²) >= 11 is 1.66. The first-order valence-corrected chi connectivity index (χ1v) is 9.23. The lowest BCUT2D eigenvalue weighted by atomic mass is 10.2. The van der Waals surface area contributed by atoms with Gasteiger partial charge in [-0.05, 0) is 12.1 Å². The number of hydrogen-bond acceptors (Lipinski definition) is 7. The lowest BCUT2D eigenvalue weighted by molar-refractivity contribution is -0.00461. The maximum absolute atomic E-state index is 10.4. The zero-order chi connectivity index (χ0) is 17.2. The zero-order valence-electron chi connectivity index (χ0n) is 13.5. The van der Waals surface area contributed by atoms with E-state index in [0.29, 0.717) is 30.2 Å². The minimum absolute atomic E-state index is 0.258. The Labute approximate surface area is 149 Å². The molecule has 25 heavy (non-hydrogen) atoms. The average molecular weight is 360 g/mol. The quantitative estimate of drug-likeness (QED) is 0.718. The molecule has 2 aromatic rings. The molecule has 1 unspecified atom stereocenters. The van der Waals surface area contributed by atoms with Crippen LogP contribution in [0.5, 0.6) is 0 Å². The molecule has 0 amide bonds. The summed E-state index contributed by atoms with van der Waals surface area (Å²) in [6, 6.07) is 10.1. The molecule has 0 saturated carbocycles. The summed E-state index contributed by atoms with van der Waals surface area (Å²) in [6.45, 7) is 0.373. The highest BCUT2D eigenvalue weighted by Gasteiger charge is 2.36. The number of aromatic nitrogens is 2. The van der Waals surface area contributed by atoms with Gasteiger partial charge in [-0.2, -0.15) is 0 Å². The topological polar surface area (TPSA) is 91.9 Å². The molecule has 3 N–H and O–H groups in total. The minimum atomic E-state index is -0.713. The largest absolute Gasteiger partial charge is 0.390 e. The summed E-state index contributed by atoms with van der Waals surface area (Å²) < 4.78 is 7.85. The SMILES string of the molecule is OC1CNC=Nc2c1ncn2[C@H]1C[C@@H](O)[C@@H](CSc2ccccc2)O1. The van der Waals surface area contributed by atoms with E-state index in [-0.39, 0.29) is 12.3 Å². The Hall–Kier alpha value is -1.87. The number of β-amino-alcohol motifs (C(OH)–C–C–N with tert-alkyl or cyclic N) is 1. The van der Waals surface area contributed by atoms with Crippen LogP contribution in [-0.2, 0) is 4.74 Å². The van der Waals surface area contributed by atoms with Crippen LogP contribution in [0.15, 0.2) is 46.5 Å². The number of aliphatic imine (C=N–C) groups is 1. The van der Waals surface area contributed by atoms with Crippen molar-refractivity contribution in [3.05, 3.63) is 42.4 Å². The van der Waals surface area contributed by atoms with Crippen molar-refractivity contribution in [3.63, 3.8) is 0 Å². The predicted molar refractivity (Wildman–Crippen MR) is 95.0 cm³/mol. The van der Waals surface area contributed by atoms with E-state index < -0.39 is 12.2 Å². The van der Waals surface area contributed by atoms with E-state index in [1.165, 1.54) is 0 Å². The molecule has 0 bridgehead atoms. The zero-order valence-corrected chi connectivity index (χ0v) is 14.3. The first kappa shape index (κ1) is 16.6. The number of nitrogens with zero attached hydrogens (tertiary/aromatic N) is 3. The van der Waals surface area contributed by atoms with Gasteiger partial charge in [0.1, 0.15) is 18.0 Å². The van der Waals surface area contributed by atoms with E-state index in [9.17, 15) is 10.2 Å². The molecule has 8 heteroatoms. The van der Waals surface area contributed by atoms with Gasteiger partial charge in [-0.15, -0.1) is 11.8 Å². The first-order valence-electron chi connectivity index (χ1n) is 8.24. The molecule has 1 fully saturated rings. The fraction of sp³-hybridized carbons (Fsp3) is 0.412. The van der Waals surface area contributed by atoms with E-state index in [0.717, 1.165) is 4.90 Å². The van der Waals surface area contributed by atoms with Crippen LogP contribution < -0.4 is 5.32 Å². The van der Waals surface area contributed by atoms with Crippen molar-refractivity contribution in [2.24, 2.45) is 4.99 Å². The molecule has 2 aliphatic rings. The third kappa shape index (κ3) is 3.43. The highest BCUT2D eigenvalue weighted by atomic mass is 32.2. The molecule has 0 aliphatic carbocycles. The molecule has 1 aromatic carbocycles. The Morgan fingerprint density at radius 1 is 1.28 bits per heavy atom. The number of rotatable bonds is 4. The summed E-state index contributed by atoms with van der Waals surface area (Å²) in [4.78, 5) is 9.75. The molecule has 3 heterocycles. The standard InChI is InChI=1S/C17H20N4O3S/c22-12-6-15(24-14(12)8-25-11-4-2-1-3-5-11)21-10-20-16-13(23)7-18-9-19-17(16)21/h1-5,9-10,12-15,22-23H,6-8H2,(H,18,19)/t12-,13?,14-,15-/m1/s1. The molecular formula is C17H20N4O3S. The number of imidazole rings is 1. The number of benzene rings is 1. The molecule has 4 atom stereocenters. The predicted octanol–water partition coefficient (Wildman–Crippen LogP) is 1.62. The summed E-state index contributed by atoms with van der Waals surface area (Å²) in [5.74, 6) is 1.25. The van der Waals surface area contributed by atoms with Crippen molar-refractivity contribution >= 4 is 23.9 Å². The Balaban J connectivity index is 1.46. The van der Waals surface area contributed by atoms with E-state index in [1.54, 1.807) is 29.0 Å². The number of nitrogens with one attached hydrogen (secondary N) is 1. The number of aliphatic hydroxyl groups excluding tert-OH is 2. The lowest BCUT2D eigenvalue weighted by Crippen LogP contribution is -2.23. The van der Waals surface area contributed by atoms with Crippen LogP contribution in [0.2, 0.25) is 0 Å². The number of fused-ring (bicyclic) bond motifs is 1. The Morgan fingerprint density at radius 3 is 2.96 bits per heavy atom. The molecular weight excluding hydrogens is 340 g/mol. The highest BCUT2D eigenvalue weighted by Crippen LogP contribution is 2.37. The Morgan fingerprint density at radius 2 is 2.12 bits per heavy atom. The fourth-order valence-electron chi connectivity index (χ4n) is 3.05. The number of ether oxygens (including phenoxy) is 1. The van der Waals surface area contributed by atoms with Crippen molar-refractivity contribution in [3.8, 4) is 0 Å². The van der Waals surface area contributed by atoms with Gasteiger partial charge < -0.3 is 20.3 Å². The van der Waals surface area contributed by atoms with Crippen molar-refractivity contribution < 1.29 is 14.9 Å². The summed E-state index contributed by atoms with van der Waals surface area (Å²) in [7, 11) is 0. The van der Waals surface area contributed by atoms with E-state index in [1.807, 2.05) is 30.3 Å². The fourth-order valence-corrected chi connectivity index (χ4v) is 4.05. The third-order valence-corrected chi connectivity index (χ3v) is 5.47. The number of thioether (sulfide) groups is 1. The van der Waals surface area contributed by atoms with Gasteiger partial charge in [-0.25, -0.2) is 9.98 Å². The second-order valence-corrected chi connectivity index (χ2v) is 7.19.